The molecule has 0 atom stereocenters. The molecule has 20 heavy (non-hydrogen) atoms. The molecule has 1 aliphatic rings. The van der Waals surface area contributed by atoms with Gasteiger partial charge in [-0.25, -0.2) is 4.39 Å². The van der Waals surface area contributed by atoms with Crippen LogP contribution >= 0.6 is 0 Å². The van der Waals surface area contributed by atoms with Crippen LogP contribution in [0.4, 0.5) is 10.1 Å². The van der Waals surface area contributed by atoms with Gasteiger partial charge in [0.1, 0.15) is 5.82 Å². The fourth-order valence-corrected chi connectivity index (χ4v) is 2.61. The summed E-state index contributed by atoms with van der Waals surface area (Å²) in [6.07, 6.45) is 3.46. The Balaban J connectivity index is 1.83. The van der Waals surface area contributed by atoms with Crippen LogP contribution in [0.25, 0.3) is 0 Å². The SMILES string of the molecule is O=[N+]([O-])c1cc(F)cc(CNCC2CCC(O)CC2)c1. The van der Waals surface area contributed by atoms with Crippen LogP contribution in [0, 0.1) is 21.8 Å². The van der Waals surface area contributed by atoms with Gasteiger partial charge in [-0.2, -0.15) is 0 Å². The summed E-state index contributed by atoms with van der Waals surface area (Å²) in [6, 6.07) is 3.62. The van der Waals surface area contributed by atoms with E-state index in [4.69, 9.17) is 0 Å². The molecule has 0 bridgehead atoms. The van der Waals surface area contributed by atoms with Gasteiger partial charge in [0.05, 0.1) is 17.1 Å². The van der Waals surface area contributed by atoms with Crippen molar-refractivity contribution in [2.24, 2.45) is 5.92 Å². The molecule has 0 heterocycles. The highest BCUT2D eigenvalue weighted by molar-refractivity contribution is 5.35. The third-order valence-corrected chi connectivity index (χ3v) is 3.73. The summed E-state index contributed by atoms with van der Waals surface area (Å²) in [5, 5.41) is 23.3. The van der Waals surface area contributed by atoms with Crippen molar-refractivity contribution in [3.8, 4) is 0 Å². The van der Waals surface area contributed by atoms with Crippen LogP contribution < -0.4 is 5.32 Å². The molecular formula is C14H19FN2O3. The Morgan fingerprint density at radius 2 is 2.00 bits per heavy atom. The van der Waals surface area contributed by atoms with Crippen LogP contribution in [0.15, 0.2) is 18.2 Å². The summed E-state index contributed by atoms with van der Waals surface area (Å²) in [5.41, 5.74) is 0.357. The van der Waals surface area contributed by atoms with Crippen LogP contribution in [0.1, 0.15) is 31.2 Å². The third kappa shape index (κ3) is 4.25. The first-order valence-corrected chi connectivity index (χ1v) is 6.87. The van der Waals surface area contributed by atoms with Gasteiger partial charge >= 0.3 is 0 Å². The maximum absolute atomic E-state index is 13.3. The lowest BCUT2D eigenvalue weighted by Crippen LogP contribution is -2.27. The largest absolute Gasteiger partial charge is 0.393 e. The number of nitrogens with one attached hydrogen (secondary N) is 1. The number of nitro benzene ring substituents is 1. The molecule has 5 nitrogen and oxygen atoms in total. The lowest BCUT2D eigenvalue weighted by Gasteiger charge is -2.25. The van der Waals surface area contributed by atoms with Crippen molar-refractivity contribution >= 4 is 5.69 Å². The smallest absolute Gasteiger partial charge is 0.272 e. The number of non-ortho nitro benzene ring substituents is 1. The topological polar surface area (TPSA) is 75.4 Å². The molecule has 0 aliphatic heterocycles. The fourth-order valence-electron chi connectivity index (χ4n) is 2.61. The Morgan fingerprint density at radius 3 is 2.65 bits per heavy atom. The second-order valence-corrected chi connectivity index (χ2v) is 5.38. The minimum Gasteiger partial charge on any atom is -0.393 e. The van der Waals surface area contributed by atoms with Gasteiger partial charge in [0.25, 0.3) is 5.69 Å². The predicted molar refractivity (Wildman–Crippen MR) is 72.7 cm³/mol. The molecule has 0 unspecified atom stereocenters. The van der Waals surface area contributed by atoms with Crippen LogP contribution in [0.2, 0.25) is 0 Å². The van der Waals surface area contributed by atoms with Gasteiger partial charge in [0.15, 0.2) is 0 Å². The number of hydrogen-bond acceptors (Lipinski definition) is 4. The highest BCUT2D eigenvalue weighted by Crippen LogP contribution is 2.23. The molecule has 0 amide bonds. The number of halogens is 1. The molecule has 0 aromatic heterocycles. The normalized spacial score (nSPS) is 22.7. The second-order valence-electron chi connectivity index (χ2n) is 5.38. The van der Waals surface area contributed by atoms with E-state index in [0.29, 0.717) is 18.0 Å². The molecule has 1 aliphatic carbocycles. The molecule has 110 valence electrons. The Kier molecular flexibility index (Phi) is 5.03. The Bertz CT molecular complexity index is 473. The van der Waals surface area contributed by atoms with Crippen molar-refractivity contribution < 1.29 is 14.4 Å². The van der Waals surface area contributed by atoms with Gasteiger partial charge in [-0.05, 0) is 49.8 Å². The van der Waals surface area contributed by atoms with E-state index in [1.165, 1.54) is 12.1 Å². The number of nitrogens with zero attached hydrogens (tertiary/aromatic N) is 1. The van der Waals surface area contributed by atoms with E-state index in [2.05, 4.69) is 5.32 Å². The predicted octanol–water partition coefficient (Wildman–Crippen LogP) is 2.37. The summed E-state index contributed by atoms with van der Waals surface area (Å²) in [7, 11) is 0. The van der Waals surface area contributed by atoms with E-state index in [9.17, 15) is 19.6 Å². The highest BCUT2D eigenvalue weighted by atomic mass is 19.1. The summed E-state index contributed by atoms with van der Waals surface area (Å²) >= 11 is 0. The molecule has 1 fully saturated rings. The first-order valence-electron chi connectivity index (χ1n) is 6.87. The zero-order chi connectivity index (χ0) is 14.5. The zero-order valence-corrected chi connectivity index (χ0v) is 11.2. The molecule has 0 saturated heterocycles. The van der Waals surface area contributed by atoms with Crippen LogP contribution in [0.5, 0.6) is 0 Å². The molecule has 2 N–H and O–H groups in total. The minimum absolute atomic E-state index is 0.169. The van der Waals surface area contributed by atoms with E-state index >= 15 is 0 Å². The molecular weight excluding hydrogens is 263 g/mol. The lowest BCUT2D eigenvalue weighted by atomic mass is 9.87. The standard InChI is InChI=1S/C14H19FN2O3/c15-12-5-11(6-13(7-12)17(19)20)9-16-8-10-1-3-14(18)4-2-10/h5-7,10,14,16,18H,1-4,8-9H2. The number of hydrogen-bond donors (Lipinski definition) is 2. The molecule has 1 aromatic rings. The quantitative estimate of drug-likeness (QED) is 0.642. The monoisotopic (exact) mass is 282 g/mol. The van der Waals surface area contributed by atoms with E-state index in [1.54, 1.807) is 0 Å². The second kappa shape index (κ2) is 6.76. The minimum atomic E-state index is -0.588. The van der Waals surface area contributed by atoms with E-state index in [1.807, 2.05) is 0 Å². The molecule has 2 rings (SSSR count). The zero-order valence-electron chi connectivity index (χ0n) is 11.2. The number of nitro groups is 1. The number of aliphatic hydroxyl groups is 1. The fraction of sp³-hybridized carbons (Fsp3) is 0.571. The van der Waals surface area contributed by atoms with Gasteiger partial charge in [0, 0.05) is 12.6 Å². The summed E-state index contributed by atoms with van der Waals surface area (Å²) in [4.78, 5) is 10.1. The average Bonchev–Trinajstić information content (AvgIpc) is 2.40. The Hall–Kier alpha value is -1.53. The molecule has 0 radical (unpaired) electrons. The number of aliphatic hydroxyl groups excluding tert-OH is 1. The molecule has 1 saturated carbocycles. The number of benzene rings is 1. The van der Waals surface area contributed by atoms with Crippen molar-refractivity contribution in [2.75, 3.05) is 6.54 Å². The molecule has 0 spiro atoms. The number of rotatable bonds is 5. The van der Waals surface area contributed by atoms with E-state index < -0.39 is 10.7 Å². The van der Waals surface area contributed by atoms with Crippen molar-refractivity contribution in [1.82, 2.24) is 5.32 Å². The van der Waals surface area contributed by atoms with Gasteiger partial charge in [-0.3, -0.25) is 10.1 Å². The van der Waals surface area contributed by atoms with Crippen molar-refractivity contribution in [3.63, 3.8) is 0 Å². The van der Waals surface area contributed by atoms with Crippen LogP contribution in [0.3, 0.4) is 0 Å². The maximum atomic E-state index is 13.3. The molecule has 6 heteroatoms. The maximum Gasteiger partial charge on any atom is 0.272 e. The van der Waals surface area contributed by atoms with Gasteiger partial charge in [0.2, 0.25) is 0 Å². The van der Waals surface area contributed by atoms with Gasteiger partial charge in [-0.15, -0.1) is 0 Å². The lowest BCUT2D eigenvalue weighted by molar-refractivity contribution is -0.385. The van der Waals surface area contributed by atoms with Crippen molar-refractivity contribution in [2.45, 2.75) is 38.3 Å². The first kappa shape index (κ1) is 14.9. The van der Waals surface area contributed by atoms with Crippen LogP contribution in [-0.2, 0) is 6.54 Å². The Morgan fingerprint density at radius 1 is 1.30 bits per heavy atom. The molecule has 1 aromatic carbocycles. The third-order valence-electron chi connectivity index (χ3n) is 3.73. The van der Waals surface area contributed by atoms with Gasteiger partial charge in [-0.1, -0.05) is 0 Å². The summed E-state index contributed by atoms with van der Waals surface area (Å²) in [6.45, 7) is 1.20. The van der Waals surface area contributed by atoms with Gasteiger partial charge < -0.3 is 10.4 Å². The van der Waals surface area contributed by atoms with E-state index in [0.717, 1.165) is 38.3 Å². The Labute approximate surface area is 117 Å². The summed E-state index contributed by atoms with van der Waals surface area (Å²) in [5.74, 6) is -0.0706. The van der Waals surface area contributed by atoms with Crippen LogP contribution in [-0.4, -0.2) is 22.7 Å². The summed E-state index contributed by atoms with van der Waals surface area (Å²) < 4.78 is 13.3. The van der Waals surface area contributed by atoms with Crippen molar-refractivity contribution in [3.05, 3.63) is 39.7 Å². The first-order chi connectivity index (χ1) is 9.54. The highest BCUT2D eigenvalue weighted by Gasteiger charge is 2.18. The van der Waals surface area contributed by atoms with Crippen molar-refractivity contribution in [1.29, 1.82) is 0 Å². The van der Waals surface area contributed by atoms with E-state index in [-0.39, 0.29) is 11.8 Å². The average molecular weight is 282 g/mol.